The average Bonchev–Trinajstić information content (AvgIpc) is 3.50. The molecule has 5 rings (SSSR count). The molecule has 1 aliphatic rings. The van der Waals surface area contributed by atoms with Crippen LogP contribution in [0, 0.1) is 24.7 Å². The number of hydrogen-bond donors (Lipinski definition) is 3. The number of anilines is 1. The summed E-state index contributed by atoms with van der Waals surface area (Å²) in [7, 11) is -3.12. The Morgan fingerprint density at radius 2 is 1.85 bits per heavy atom. The third kappa shape index (κ3) is 8.29. The number of carbonyl (C=O) groups is 3. The SMILES string of the molecule is Cc1ccoc1C(=O)Nc1cccc(C#Cc2cncc(C(=O)NS(=O)(=CCCN3CCCC(C(=O)O)C3)c3ccccc3)c2)c1. The highest BCUT2D eigenvalue weighted by Gasteiger charge is 2.25. The summed E-state index contributed by atoms with van der Waals surface area (Å²) in [6.45, 7) is 3.55. The molecule has 0 radical (unpaired) electrons. The Morgan fingerprint density at radius 1 is 1.04 bits per heavy atom. The number of carboxylic acid groups (broad SMARTS) is 1. The number of amides is 2. The largest absolute Gasteiger partial charge is 0.481 e. The van der Waals surface area contributed by atoms with E-state index in [1.54, 1.807) is 79.0 Å². The number of pyridine rings is 1. The molecule has 0 aliphatic carbocycles. The average molecular weight is 639 g/mol. The predicted molar refractivity (Wildman–Crippen MR) is 176 cm³/mol. The molecule has 2 aromatic carbocycles. The summed E-state index contributed by atoms with van der Waals surface area (Å²) >= 11 is 0. The van der Waals surface area contributed by atoms with E-state index >= 15 is 0 Å². The molecule has 2 amide bonds. The molecule has 2 unspecified atom stereocenters. The van der Waals surface area contributed by atoms with Crippen molar-refractivity contribution in [2.45, 2.75) is 31.1 Å². The summed E-state index contributed by atoms with van der Waals surface area (Å²) in [5, 5.41) is 13.8. The normalized spacial score (nSPS) is 15.9. The molecule has 11 heteroatoms. The van der Waals surface area contributed by atoms with Crippen molar-refractivity contribution >= 4 is 38.5 Å². The molecule has 0 saturated carbocycles. The highest BCUT2D eigenvalue weighted by Crippen LogP contribution is 2.18. The van der Waals surface area contributed by atoms with Gasteiger partial charge in [-0.3, -0.25) is 24.1 Å². The minimum atomic E-state index is -3.12. The van der Waals surface area contributed by atoms with E-state index in [-0.39, 0.29) is 17.2 Å². The fraction of sp³-hybridized carbons (Fsp3) is 0.229. The number of aryl methyl sites for hydroxylation is 1. The van der Waals surface area contributed by atoms with Crippen molar-refractivity contribution in [3.63, 3.8) is 0 Å². The van der Waals surface area contributed by atoms with E-state index in [0.29, 0.717) is 47.6 Å². The zero-order valence-electron chi connectivity index (χ0n) is 25.3. The molecular formula is C35H34N4O6S. The van der Waals surface area contributed by atoms with Crippen LogP contribution in [0.4, 0.5) is 5.69 Å². The van der Waals surface area contributed by atoms with Gasteiger partial charge in [0.2, 0.25) is 0 Å². The summed E-state index contributed by atoms with van der Waals surface area (Å²) in [4.78, 5) is 44.0. The first kappa shape index (κ1) is 32.2. The lowest BCUT2D eigenvalue weighted by Gasteiger charge is -2.30. The van der Waals surface area contributed by atoms with Gasteiger partial charge in [0.25, 0.3) is 11.8 Å². The lowest BCUT2D eigenvalue weighted by molar-refractivity contribution is -0.143. The van der Waals surface area contributed by atoms with Crippen LogP contribution in [0.1, 0.15) is 56.9 Å². The maximum atomic E-state index is 14.2. The Morgan fingerprint density at radius 3 is 2.61 bits per heavy atom. The van der Waals surface area contributed by atoms with Crippen LogP contribution < -0.4 is 10.0 Å². The van der Waals surface area contributed by atoms with Crippen LogP contribution in [0.3, 0.4) is 0 Å². The van der Waals surface area contributed by atoms with Crippen molar-refractivity contribution in [3.05, 3.63) is 113 Å². The number of likely N-dealkylation sites (tertiary alicyclic amines) is 1. The number of furan rings is 1. The van der Waals surface area contributed by atoms with E-state index in [9.17, 15) is 23.7 Å². The molecule has 3 N–H and O–H groups in total. The number of nitrogens with one attached hydrogen (secondary N) is 2. The van der Waals surface area contributed by atoms with Gasteiger partial charge in [0, 0.05) is 52.8 Å². The van der Waals surface area contributed by atoms with E-state index < -0.39 is 27.5 Å². The molecule has 236 valence electrons. The first-order valence-electron chi connectivity index (χ1n) is 14.8. The topological polar surface area (TPSA) is 142 Å². The van der Waals surface area contributed by atoms with Gasteiger partial charge in [-0.1, -0.05) is 36.1 Å². The smallest absolute Gasteiger partial charge is 0.307 e. The standard InChI is InChI=1S/C35H34N4O6S/c1-25-15-18-45-32(25)34(41)37-30-10-5-8-26(21-30)13-14-27-20-29(23-36-22-27)33(40)38-46(44,31-11-3-2-4-12-31)19-7-17-39-16-6-9-28(24-39)35(42)43/h2-5,8,10-12,15,18-23,28H,6-7,9,16-17,24H2,1H3,(H,37,41)(H,42,43)(H,38,40,44). The van der Waals surface area contributed by atoms with Gasteiger partial charge in [0.15, 0.2) is 5.76 Å². The van der Waals surface area contributed by atoms with Crippen LogP contribution >= 0.6 is 0 Å². The molecule has 10 nitrogen and oxygen atoms in total. The fourth-order valence-electron chi connectivity index (χ4n) is 5.12. The van der Waals surface area contributed by atoms with Gasteiger partial charge in [-0.2, -0.15) is 0 Å². The van der Waals surface area contributed by atoms with E-state index in [0.717, 1.165) is 18.5 Å². The number of carboxylic acids is 1. The number of benzene rings is 2. The first-order chi connectivity index (χ1) is 22.2. The number of rotatable bonds is 9. The maximum Gasteiger partial charge on any atom is 0.307 e. The zero-order valence-corrected chi connectivity index (χ0v) is 26.1. The minimum Gasteiger partial charge on any atom is -0.481 e. The Bertz CT molecular complexity index is 1920. The van der Waals surface area contributed by atoms with Crippen LogP contribution in [0.25, 0.3) is 0 Å². The molecule has 2 aromatic heterocycles. The van der Waals surface area contributed by atoms with E-state index in [4.69, 9.17) is 4.42 Å². The Balaban J connectivity index is 1.29. The van der Waals surface area contributed by atoms with Crippen molar-refractivity contribution in [1.29, 1.82) is 0 Å². The van der Waals surface area contributed by atoms with Gasteiger partial charge in [-0.25, -0.2) is 4.21 Å². The van der Waals surface area contributed by atoms with Gasteiger partial charge >= 0.3 is 5.97 Å². The van der Waals surface area contributed by atoms with Gasteiger partial charge < -0.3 is 19.7 Å². The molecular weight excluding hydrogens is 604 g/mol. The number of carbonyl (C=O) groups excluding carboxylic acids is 2. The second-order valence-corrected chi connectivity index (χ2v) is 13.2. The number of aliphatic carboxylic acids is 1. The van der Waals surface area contributed by atoms with E-state index in [1.807, 2.05) is 0 Å². The molecule has 0 bridgehead atoms. The van der Waals surface area contributed by atoms with Crippen molar-refractivity contribution < 1.29 is 28.1 Å². The van der Waals surface area contributed by atoms with E-state index in [1.165, 1.54) is 18.7 Å². The van der Waals surface area contributed by atoms with Gasteiger partial charge in [0.1, 0.15) is 0 Å². The fourth-order valence-corrected chi connectivity index (χ4v) is 6.91. The summed E-state index contributed by atoms with van der Waals surface area (Å²) in [5.41, 5.74) is 2.58. The number of aromatic nitrogens is 1. The summed E-state index contributed by atoms with van der Waals surface area (Å²) in [6, 6.07) is 19.0. The summed E-state index contributed by atoms with van der Waals surface area (Å²) < 4.78 is 22.2. The molecule has 1 fully saturated rings. The molecule has 3 heterocycles. The molecule has 1 saturated heterocycles. The van der Waals surface area contributed by atoms with Crippen molar-refractivity contribution in [2.24, 2.45) is 5.92 Å². The van der Waals surface area contributed by atoms with Crippen LogP contribution in [-0.4, -0.2) is 62.0 Å². The van der Waals surface area contributed by atoms with Gasteiger partial charge in [0.05, 0.1) is 27.5 Å². The first-order valence-corrected chi connectivity index (χ1v) is 16.4. The second kappa shape index (κ2) is 14.7. The molecule has 0 spiro atoms. The third-order valence-electron chi connectivity index (χ3n) is 7.53. The highest BCUT2D eigenvalue weighted by molar-refractivity contribution is 8.00. The van der Waals surface area contributed by atoms with Crippen molar-refractivity contribution in [2.75, 3.05) is 25.0 Å². The van der Waals surface area contributed by atoms with Crippen molar-refractivity contribution in [1.82, 2.24) is 14.6 Å². The maximum absolute atomic E-state index is 14.2. The van der Waals surface area contributed by atoms with Crippen LogP contribution in [-0.2, 0) is 14.5 Å². The highest BCUT2D eigenvalue weighted by atomic mass is 32.2. The number of piperidine rings is 1. The summed E-state index contributed by atoms with van der Waals surface area (Å²) in [6.07, 6.45) is 6.21. The Labute approximate surface area is 268 Å². The lowest BCUT2D eigenvalue weighted by Crippen LogP contribution is -2.39. The molecule has 1 aliphatic heterocycles. The number of hydrogen-bond acceptors (Lipinski definition) is 7. The zero-order chi connectivity index (χ0) is 32.5. The Hall–Kier alpha value is -5.18. The predicted octanol–water partition coefficient (Wildman–Crippen LogP) is 4.61. The van der Waals surface area contributed by atoms with Crippen LogP contribution in [0.2, 0.25) is 0 Å². The van der Waals surface area contributed by atoms with E-state index in [2.05, 4.69) is 31.8 Å². The molecule has 2 atom stereocenters. The molecule has 46 heavy (non-hydrogen) atoms. The second-order valence-electron chi connectivity index (χ2n) is 11.0. The van der Waals surface area contributed by atoms with Gasteiger partial charge in [-0.05, 0) is 80.6 Å². The number of nitrogens with zero attached hydrogens (tertiary/aromatic N) is 2. The minimum absolute atomic E-state index is 0.194. The third-order valence-corrected chi connectivity index (χ3v) is 9.70. The van der Waals surface area contributed by atoms with Crippen LogP contribution in [0.5, 0.6) is 0 Å². The molecule has 4 aromatic rings. The van der Waals surface area contributed by atoms with Gasteiger partial charge in [-0.15, -0.1) is 0 Å². The van der Waals surface area contributed by atoms with Crippen molar-refractivity contribution in [3.8, 4) is 11.8 Å². The van der Waals surface area contributed by atoms with Crippen LogP contribution in [0.15, 0.2) is 94.7 Å². The Kier molecular flexibility index (Phi) is 10.3. The lowest BCUT2D eigenvalue weighted by atomic mass is 9.98. The monoisotopic (exact) mass is 638 g/mol. The quantitative estimate of drug-likeness (QED) is 0.178. The summed E-state index contributed by atoms with van der Waals surface area (Å²) in [5.74, 6) is 4.13.